The number of nitrogens with one attached hydrogen (secondary N) is 1. The summed E-state index contributed by atoms with van der Waals surface area (Å²) < 4.78 is 5.16. The predicted octanol–water partition coefficient (Wildman–Crippen LogP) is 1.75. The first-order valence-electron chi connectivity index (χ1n) is 7.27. The van der Waals surface area contributed by atoms with Crippen LogP contribution in [0.5, 0.6) is 0 Å². The van der Waals surface area contributed by atoms with Crippen LogP contribution in [0.3, 0.4) is 0 Å². The highest BCUT2D eigenvalue weighted by atomic mass is 16.5. The Hall–Kier alpha value is -2.96. The minimum absolute atomic E-state index is 0.138. The van der Waals surface area contributed by atoms with E-state index in [1.54, 1.807) is 37.4 Å². The van der Waals surface area contributed by atoms with E-state index < -0.39 is 11.5 Å². The number of fused-ring (bicyclic) bond motifs is 1. The second-order valence-corrected chi connectivity index (χ2v) is 5.23. The van der Waals surface area contributed by atoms with Gasteiger partial charge in [-0.25, -0.2) is 4.98 Å². The first kappa shape index (κ1) is 15.0. The number of aromatic nitrogens is 3. The van der Waals surface area contributed by atoms with Gasteiger partial charge < -0.3 is 14.4 Å². The van der Waals surface area contributed by atoms with Crippen LogP contribution in [0.1, 0.15) is 28.9 Å². The molecule has 1 N–H and O–H groups in total. The summed E-state index contributed by atoms with van der Waals surface area (Å²) >= 11 is 0. The van der Waals surface area contributed by atoms with Crippen molar-refractivity contribution in [1.29, 1.82) is 0 Å². The van der Waals surface area contributed by atoms with Gasteiger partial charge in [0.15, 0.2) is 11.5 Å². The summed E-state index contributed by atoms with van der Waals surface area (Å²) in [6, 6.07) is 8.87. The summed E-state index contributed by atoms with van der Waals surface area (Å²) in [5, 5.41) is 3.88. The smallest absolute Gasteiger partial charge is 0.280 e. The Morgan fingerprint density at radius 1 is 1.35 bits per heavy atom. The van der Waals surface area contributed by atoms with Crippen LogP contribution in [-0.2, 0) is 13.0 Å². The SMILES string of the molecule is CCc1cc(CN(C)C(=O)c2nc3ccccc3[nH]c2=O)on1. The van der Waals surface area contributed by atoms with Crippen LogP contribution in [0.4, 0.5) is 0 Å². The van der Waals surface area contributed by atoms with Crippen LogP contribution in [0.25, 0.3) is 11.0 Å². The van der Waals surface area contributed by atoms with E-state index in [4.69, 9.17) is 4.52 Å². The fraction of sp³-hybridized carbons (Fsp3) is 0.250. The molecule has 0 radical (unpaired) electrons. The molecule has 0 saturated carbocycles. The third-order valence-corrected chi connectivity index (χ3v) is 3.51. The highest BCUT2D eigenvalue weighted by molar-refractivity contribution is 5.93. The highest BCUT2D eigenvalue weighted by Gasteiger charge is 2.19. The molecule has 1 aromatic carbocycles. The molecular weight excluding hydrogens is 296 g/mol. The number of hydrogen-bond acceptors (Lipinski definition) is 5. The van der Waals surface area contributed by atoms with E-state index in [1.165, 1.54) is 4.90 Å². The topological polar surface area (TPSA) is 92.1 Å². The largest absolute Gasteiger partial charge is 0.359 e. The lowest BCUT2D eigenvalue weighted by atomic mass is 10.2. The second kappa shape index (κ2) is 6.04. The highest BCUT2D eigenvalue weighted by Crippen LogP contribution is 2.10. The van der Waals surface area contributed by atoms with E-state index in [9.17, 15) is 9.59 Å². The van der Waals surface area contributed by atoms with Gasteiger partial charge in [-0.3, -0.25) is 9.59 Å². The number of para-hydroxylation sites is 2. The number of nitrogens with zero attached hydrogens (tertiary/aromatic N) is 3. The first-order valence-corrected chi connectivity index (χ1v) is 7.27. The fourth-order valence-corrected chi connectivity index (χ4v) is 2.26. The van der Waals surface area contributed by atoms with Gasteiger partial charge >= 0.3 is 0 Å². The molecule has 0 aliphatic heterocycles. The molecule has 118 valence electrons. The van der Waals surface area contributed by atoms with Gasteiger partial charge in [0.05, 0.1) is 23.3 Å². The van der Waals surface area contributed by atoms with Gasteiger partial charge in [0.1, 0.15) is 0 Å². The van der Waals surface area contributed by atoms with E-state index in [0.717, 1.165) is 12.1 Å². The minimum Gasteiger partial charge on any atom is -0.359 e. The zero-order chi connectivity index (χ0) is 16.4. The van der Waals surface area contributed by atoms with Gasteiger partial charge in [-0.2, -0.15) is 0 Å². The number of aryl methyl sites for hydroxylation is 1. The molecule has 0 unspecified atom stereocenters. The quantitative estimate of drug-likeness (QED) is 0.792. The first-order chi connectivity index (χ1) is 11.1. The molecule has 2 heterocycles. The van der Waals surface area contributed by atoms with Gasteiger partial charge in [0.25, 0.3) is 11.5 Å². The van der Waals surface area contributed by atoms with Crippen LogP contribution in [0.2, 0.25) is 0 Å². The molecular formula is C16H16N4O3. The Morgan fingerprint density at radius 2 is 2.13 bits per heavy atom. The average molecular weight is 312 g/mol. The number of H-pyrrole nitrogens is 1. The van der Waals surface area contributed by atoms with Gasteiger partial charge in [0, 0.05) is 13.1 Å². The number of amides is 1. The number of carbonyl (C=O) groups is 1. The fourth-order valence-electron chi connectivity index (χ4n) is 2.26. The molecule has 7 heteroatoms. The lowest BCUT2D eigenvalue weighted by Gasteiger charge is -2.14. The molecule has 0 bridgehead atoms. The molecule has 0 atom stereocenters. The Balaban J connectivity index is 1.87. The van der Waals surface area contributed by atoms with Crippen molar-refractivity contribution in [3.8, 4) is 0 Å². The second-order valence-electron chi connectivity index (χ2n) is 5.23. The molecule has 0 saturated heterocycles. The number of carbonyl (C=O) groups excluding carboxylic acids is 1. The molecule has 1 amide bonds. The molecule has 7 nitrogen and oxygen atoms in total. The molecule has 0 fully saturated rings. The maximum absolute atomic E-state index is 12.5. The third kappa shape index (κ3) is 2.98. The van der Waals surface area contributed by atoms with Gasteiger partial charge in [0.2, 0.25) is 0 Å². The lowest BCUT2D eigenvalue weighted by molar-refractivity contribution is 0.0765. The Kier molecular flexibility index (Phi) is 3.92. The predicted molar refractivity (Wildman–Crippen MR) is 84.0 cm³/mol. The van der Waals surface area contributed by atoms with E-state index in [2.05, 4.69) is 15.1 Å². The van der Waals surface area contributed by atoms with E-state index in [-0.39, 0.29) is 12.2 Å². The number of rotatable bonds is 4. The Bertz CT molecular complexity index is 913. The maximum Gasteiger partial charge on any atom is 0.280 e. The van der Waals surface area contributed by atoms with Gasteiger partial charge in [-0.1, -0.05) is 24.2 Å². The molecule has 2 aromatic heterocycles. The summed E-state index contributed by atoms with van der Waals surface area (Å²) in [5.41, 5.74) is 1.34. The molecule has 3 rings (SSSR count). The van der Waals surface area contributed by atoms with Gasteiger partial charge in [-0.05, 0) is 18.6 Å². The Labute approximate surface area is 131 Å². The number of aromatic amines is 1. The van der Waals surface area contributed by atoms with Gasteiger partial charge in [-0.15, -0.1) is 0 Å². The van der Waals surface area contributed by atoms with Crippen LogP contribution in [0.15, 0.2) is 39.6 Å². The minimum atomic E-state index is -0.507. The van der Waals surface area contributed by atoms with Crippen LogP contribution in [-0.4, -0.2) is 33.0 Å². The van der Waals surface area contributed by atoms with E-state index in [1.807, 2.05) is 6.92 Å². The normalized spacial score (nSPS) is 10.9. The van der Waals surface area contributed by atoms with Crippen molar-refractivity contribution in [1.82, 2.24) is 20.0 Å². The molecule has 0 aliphatic carbocycles. The van der Waals surface area contributed by atoms with Crippen molar-refractivity contribution in [3.63, 3.8) is 0 Å². The van der Waals surface area contributed by atoms with Crippen molar-refractivity contribution in [2.45, 2.75) is 19.9 Å². The molecule has 0 spiro atoms. The average Bonchev–Trinajstić information content (AvgIpc) is 3.01. The zero-order valence-electron chi connectivity index (χ0n) is 12.9. The van der Waals surface area contributed by atoms with Crippen molar-refractivity contribution < 1.29 is 9.32 Å². The monoisotopic (exact) mass is 312 g/mol. The number of hydrogen-bond donors (Lipinski definition) is 1. The van der Waals surface area contributed by atoms with Crippen molar-refractivity contribution in [2.24, 2.45) is 0 Å². The summed E-state index contributed by atoms with van der Waals surface area (Å²) in [4.78, 5) is 32.8. The summed E-state index contributed by atoms with van der Waals surface area (Å²) in [5.74, 6) is 0.0985. The van der Waals surface area contributed by atoms with Crippen molar-refractivity contribution >= 4 is 16.9 Å². The summed E-state index contributed by atoms with van der Waals surface area (Å²) in [6.07, 6.45) is 0.757. The van der Waals surface area contributed by atoms with Crippen molar-refractivity contribution in [3.05, 3.63) is 57.8 Å². The van der Waals surface area contributed by atoms with Crippen molar-refractivity contribution in [2.75, 3.05) is 7.05 Å². The number of benzene rings is 1. The molecule has 23 heavy (non-hydrogen) atoms. The molecule has 3 aromatic rings. The Morgan fingerprint density at radius 3 is 2.87 bits per heavy atom. The van der Waals surface area contributed by atoms with E-state index in [0.29, 0.717) is 16.8 Å². The van der Waals surface area contributed by atoms with Crippen LogP contribution in [0, 0.1) is 0 Å². The lowest BCUT2D eigenvalue weighted by Crippen LogP contribution is -2.32. The van der Waals surface area contributed by atoms with E-state index >= 15 is 0 Å². The standard InChI is InChI=1S/C16H16N4O3/c1-3-10-8-11(23-19-10)9-20(2)16(22)14-15(21)18-13-7-5-4-6-12(13)17-14/h4-8H,3,9H2,1-2H3,(H,18,21). The zero-order valence-corrected chi connectivity index (χ0v) is 12.9. The van der Waals surface area contributed by atoms with Crippen LogP contribution >= 0.6 is 0 Å². The molecule has 0 aliphatic rings. The summed E-state index contributed by atoms with van der Waals surface area (Å²) in [7, 11) is 1.59. The third-order valence-electron chi connectivity index (χ3n) is 3.51. The summed E-state index contributed by atoms with van der Waals surface area (Å²) in [6.45, 7) is 2.19. The van der Waals surface area contributed by atoms with Crippen LogP contribution < -0.4 is 5.56 Å². The maximum atomic E-state index is 12.5.